The maximum atomic E-state index is 11.7. The second-order valence-corrected chi connectivity index (χ2v) is 4.78. The van der Waals surface area contributed by atoms with Crippen LogP contribution in [0.15, 0.2) is 12.1 Å². The Kier molecular flexibility index (Phi) is 4.20. The van der Waals surface area contributed by atoms with Crippen LogP contribution in [0.1, 0.15) is 58.9 Å². The van der Waals surface area contributed by atoms with Gasteiger partial charge in [0.15, 0.2) is 5.78 Å². The van der Waals surface area contributed by atoms with Crippen LogP contribution in [0.4, 0.5) is 0 Å². The molecule has 0 saturated heterocycles. The molecule has 0 unspecified atom stereocenters. The molecule has 1 aliphatic rings. The number of ketones is 1. The van der Waals surface area contributed by atoms with Gasteiger partial charge in [0, 0.05) is 12.0 Å². The number of ether oxygens (including phenoxy) is 1. The molecule has 0 fully saturated rings. The highest BCUT2D eigenvalue weighted by atomic mass is 16.5. The standard InChI is InChI=1S/C15H18O4/c1-2-3-4-7-19-10-8-12-11(5-6-14(12)16)13(9-10)15(17)18/h8-9H,2-7H2,1H3,(H,17,18). The lowest BCUT2D eigenvalue weighted by molar-refractivity contribution is 0.0695. The van der Waals surface area contributed by atoms with Crippen LogP contribution in [0.3, 0.4) is 0 Å². The van der Waals surface area contributed by atoms with E-state index >= 15 is 0 Å². The van der Waals surface area contributed by atoms with Gasteiger partial charge in [-0.15, -0.1) is 0 Å². The van der Waals surface area contributed by atoms with Crippen LogP contribution in [-0.4, -0.2) is 23.5 Å². The van der Waals surface area contributed by atoms with Gasteiger partial charge in [0.2, 0.25) is 0 Å². The summed E-state index contributed by atoms with van der Waals surface area (Å²) in [5.74, 6) is -0.496. The Morgan fingerprint density at radius 3 is 2.79 bits per heavy atom. The van der Waals surface area contributed by atoms with Crippen molar-refractivity contribution in [1.29, 1.82) is 0 Å². The average Bonchev–Trinajstić information content (AvgIpc) is 2.76. The van der Waals surface area contributed by atoms with E-state index in [2.05, 4.69) is 6.92 Å². The molecule has 0 spiro atoms. The van der Waals surface area contributed by atoms with Crippen LogP contribution in [-0.2, 0) is 6.42 Å². The number of rotatable bonds is 6. The summed E-state index contributed by atoms with van der Waals surface area (Å²) in [6.07, 6.45) is 4.03. The summed E-state index contributed by atoms with van der Waals surface area (Å²) >= 11 is 0. The van der Waals surface area contributed by atoms with E-state index in [1.807, 2.05) is 0 Å². The predicted molar refractivity (Wildman–Crippen MR) is 71.1 cm³/mol. The lowest BCUT2D eigenvalue weighted by atomic mass is 10.0. The molecule has 1 N–H and O–H groups in total. The van der Waals surface area contributed by atoms with Gasteiger partial charge in [-0.25, -0.2) is 4.79 Å². The Morgan fingerprint density at radius 1 is 1.32 bits per heavy atom. The number of carboxylic acids is 1. The Labute approximate surface area is 112 Å². The largest absolute Gasteiger partial charge is 0.494 e. The van der Waals surface area contributed by atoms with Crippen molar-refractivity contribution < 1.29 is 19.4 Å². The third-order valence-electron chi connectivity index (χ3n) is 3.37. The van der Waals surface area contributed by atoms with E-state index in [0.717, 1.165) is 19.3 Å². The topological polar surface area (TPSA) is 63.6 Å². The van der Waals surface area contributed by atoms with Crippen molar-refractivity contribution in [2.24, 2.45) is 0 Å². The molecular weight excluding hydrogens is 244 g/mol. The summed E-state index contributed by atoms with van der Waals surface area (Å²) in [6, 6.07) is 3.22. The van der Waals surface area contributed by atoms with Gasteiger partial charge in [0.1, 0.15) is 5.75 Å². The molecule has 0 heterocycles. The number of carboxylic acid groups (broad SMARTS) is 1. The summed E-state index contributed by atoms with van der Waals surface area (Å²) < 4.78 is 5.56. The van der Waals surface area contributed by atoms with Crippen LogP contribution in [0, 0.1) is 0 Å². The third kappa shape index (κ3) is 2.95. The minimum absolute atomic E-state index is 0.0107. The van der Waals surface area contributed by atoms with E-state index in [0.29, 0.717) is 36.3 Å². The van der Waals surface area contributed by atoms with Crippen molar-refractivity contribution in [3.63, 3.8) is 0 Å². The molecule has 0 aromatic heterocycles. The van der Waals surface area contributed by atoms with E-state index < -0.39 is 5.97 Å². The fourth-order valence-electron chi connectivity index (χ4n) is 2.35. The Morgan fingerprint density at radius 2 is 2.11 bits per heavy atom. The minimum Gasteiger partial charge on any atom is -0.494 e. The Balaban J connectivity index is 2.21. The third-order valence-corrected chi connectivity index (χ3v) is 3.37. The molecule has 0 radical (unpaired) electrons. The normalized spacial score (nSPS) is 13.4. The van der Waals surface area contributed by atoms with Crippen LogP contribution >= 0.6 is 0 Å². The summed E-state index contributed by atoms with van der Waals surface area (Å²) in [7, 11) is 0. The molecule has 0 saturated carbocycles. The lowest BCUT2D eigenvalue weighted by Crippen LogP contribution is -2.05. The van der Waals surface area contributed by atoms with E-state index in [-0.39, 0.29) is 11.3 Å². The van der Waals surface area contributed by atoms with E-state index in [9.17, 15) is 14.7 Å². The monoisotopic (exact) mass is 262 g/mol. The zero-order valence-corrected chi connectivity index (χ0v) is 11.1. The highest BCUT2D eigenvalue weighted by Gasteiger charge is 2.26. The summed E-state index contributed by atoms with van der Waals surface area (Å²) in [6.45, 7) is 2.66. The zero-order valence-electron chi connectivity index (χ0n) is 11.1. The van der Waals surface area contributed by atoms with Crippen molar-refractivity contribution in [3.05, 3.63) is 28.8 Å². The predicted octanol–water partition coefficient (Wildman–Crippen LogP) is 3.08. The molecule has 1 aromatic rings. The number of fused-ring (bicyclic) bond motifs is 1. The van der Waals surface area contributed by atoms with E-state index in [1.54, 1.807) is 6.07 Å². The molecule has 1 aromatic carbocycles. The first kappa shape index (κ1) is 13.6. The van der Waals surface area contributed by atoms with Gasteiger partial charge in [-0.05, 0) is 30.5 Å². The highest BCUT2D eigenvalue weighted by Crippen LogP contribution is 2.30. The number of aromatic carboxylic acids is 1. The first-order valence-corrected chi connectivity index (χ1v) is 6.69. The van der Waals surface area contributed by atoms with Crippen LogP contribution in [0.2, 0.25) is 0 Å². The number of hydrogen-bond donors (Lipinski definition) is 1. The SMILES string of the molecule is CCCCCOc1cc(C(=O)O)c2c(c1)C(=O)CC2. The molecule has 0 atom stereocenters. The second-order valence-electron chi connectivity index (χ2n) is 4.78. The quantitative estimate of drug-likeness (QED) is 0.800. The minimum atomic E-state index is -0.995. The average molecular weight is 262 g/mol. The number of Topliss-reactive ketones (excluding diaryl/α,β-unsaturated/α-hetero) is 1. The summed E-state index contributed by atoms with van der Waals surface area (Å²) in [5.41, 5.74) is 1.37. The molecule has 4 nitrogen and oxygen atoms in total. The summed E-state index contributed by atoms with van der Waals surface area (Å²) in [5, 5.41) is 9.20. The Bertz CT molecular complexity index is 505. The van der Waals surface area contributed by atoms with Crippen molar-refractivity contribution >= 4 is 11.8 Å². The smallest absolute Gasteiger partial charge is 0.336 e. The van der Waals surface area contributed by atoms with Crippen molar-refractivity contribution in [2.45, 2.75) is 39.0 Å². The van der Waals surface area contributed by atoms with Crippen molar-refractivity contribution in [1.82, 2.24) is 0 Å². The molecule has 102 valence electrons. The second kappa shape index (κ2) is 5.87. The van der Waals surface area contributed by atoms with E-state index in [1.165, 1.54) is 6.07 Å². The number of benzene rings is 1. The van der Waals surface area contributed by atoms with Gasteiger partial charge in [-0.1, -0.05) is 19.8 Å². The first-order valence-electron chi connectivity index (χ1n) is 6.69. The van der Waals surface area contributed by atoms with Gasteiger partial charge in [-0.2, -0.15) is 0 Å². The molecule has 1 aliphatic carbocycles. The number of carbonyl (C=O) groups excluding carboxylic acids is 1. The number of unbranched alkanes of at least 4 members (excludes halogenated alkanes) is 2. The Hall–Kier alpha value is -1.84. The van der Waals surface area contributed by atoms with Gasteiger partial charge in [0.25, 0.3) is 0 Å². The highest BCUT2D eigenvalue weighted by molar-refractivity contribution is 6.04. The fraction of sp³-hybridized carbons (Fsp3) is 0.467. The van der Waals surface area contributed by atoms with Gasteiger partial charge in [0.05, 0.1) is 12.2 Å². The van der Waals surface area contributed by atoms with Gasteiger partial charge in [-0.3, -0.25) is 4.79 Å². The number of hydrogen-bond acceptors (Lipinski definition) is 3. The van der Waals surface area contributed by atoms with Crippen LogP contribution < -0.4 is 4.74 Å². The van der Waals surface area contributed by atoms with E-state index in [4.69, 9.17) is 4.74 Å². The molecular formula is C15H18O4. The van der Waals surface area contributed by atoms with Crippen molar-refractivity contribution in [2.75, 3.05) is 6.61 Å². The number of carbonyl (C=O) groups is 2. The fourth-order valence-corrected chi connectivity index (χ4v) is 2.35. The zero-order chi connectivity index (χ0) is 13.8. The van der Waals surface area contributed by atoms with Crippen molar-refractivity contribution in [3.8, 4) is 5.75 Å². The maximum absolute atomic E-state index is 11.7. The van der Waals surface area contributed by atoms with Gasteiger partial charge < -0.3 is 9.84 Å². The lowest BCUT2D eigenvalue weighted by Gasteiger charge is -2.10. The summed E-state index contributed by atoms with van der Waals surface area (Å²) in [4.78, 5) is 22.9. The van der Waals surface area contributed by atoms with Crippen LogP contribution in [0.25, 0.3) is 0 Å². The first-order chi connectivity index (χ1) is 9.13. The molecule has 0 amide bonds. The molecule has 0 aliphatic heterocycles. The van der Waals surface area contributed by atoms with Crippen LogP contribution in [0.5, 0.6) is 5.75 Å². The maximum Gasteiger partial charge on any atom is 0.336 e. The molecule has 4 heteroatoms. The molecule has 2 rings (SSSR count). The van der Waals surface area contributed by atoms with Gasteiger partial charge >= 0.3 is 5.97 Å². The molecule has 19 heavy (non-hydrogen) atoms. The molecule has 0 bridgehead atoms.